The third-order valence-electron chi connectivity index (χ3n) is 4.55. The zero-order valence-corrected chi connectivity index (χ0v) is 14.6. The van der Waals surface area contributed by atoms with E-state index in [0.29, 0.717) is 18.0 Å². The van der Waals surface area contributed by atoms with Crippen LogP contribution in [0.1, 0.15) is 23.6 Å². The fraction of sp³-hybridized carbons (Fsp3) is 0.190. The van der Waals surface area contributed by atoms with Crippen LogP contribution in [0.3, 0.4) is 0 Å². The number of carbonyl (C=O) groups excluding carboxylic acids is 1. The van der Waals surface area contributed by atoms with Crippen molar-refractivity contribution in [3.05, 3.63) is 83.9 Å². The first-order valence-electron chi connectivity index (χ1n) is 8.72. The van der Waals surface area contributed by atoms with E-state index in [1.54, 1.807) is 12.1 Å². The van der Waals surface area contributed by atoms with Crippen LogP contribution in [-0.4, -0.2) is 17.3 Å². The maximum Gasteiger partial charge on any atom is 0.231 e. The number of rotatable bonds is 6. The van der Waals surface area contributed by atoms with Crippen molar-refractivity contribution >= 4 is 5.91 Å². The second kappa shape index (κ2) is 7.53. The lowest BCUT2D eigenvalue weighted by atomic mass is 10.0. The van der Waals surface area contributed by atoms with Crippen molar-refractivity contribution in [2.45, 2.75) is 19.0 Å². The fourth-order valence-electron chi connectivity index (χ4n) is 3.14. The van der Waals surface area contributed by atoms with Gasteiger partial charge >= 0.3 is 0 Å². The van der Waals surface area contributed by atoms with Crippen LogP contribution in [0.4, 0.5) is 4.39 Å². The van der Waals surface area contributed by atoms with Gasteiger partial charge in [0.2, 0.25) is 12.7 Å². The van der Waals surface area contributed by atoms with E-state index in [-0.39, 0.29) is 31.0 Å². The van der Waals surface area contributed by atoms with E-state index in [2.05, 4.69) is 5.32 Å². The summed E-state index contributed by atoms with van der Waals surface area (Å²) in [5.74, 6) is 1.03. The molecule has 0 fully saturated rings. The van der Waals surface area contributed by atoms with Crippen LogP contribution in [-0.2, 0) is 11.3 Å². The number of hydrogen-bond acceptors (Lipinski definition) is 3. The first-order valence-corrected chi connectivity index (χ1v) is 8.72. The molecule has 0 radical (unpaired) electrons. The smallest absolute Gasteiger partial charge is 0.231 e. The number of carbonyl (C=O) groups is 1. The first-order chi connectivity index (χ1) is 13.2. The molecule has 0 bridgehead atoms. The molecule has 0 saturated heterocycles. The van der Waals surface area contributed by atoms with E-state index < -0.39 is 0 Å². The van der Waals surface area contributed by atoms with Gasteiger partial charge in [-0.05, 0) is 47.5 Å². The van der Waals surface area contributed by atoms with Crippen LogP contribution in [0, 0.1) is 5.82 Å². The number of nitrogens with zero attached hydrogens (tertiary/aromatic N) is 1. The summed E-state index contributed by atoms with van der Waals surface area (Å²) in [6.45, 7) is 0.624. The van der Waals surface area contributed by atoms with Gasteiger partial charge in [-0.3, -0.25) is 4.79 Å². The van der Waals surface area contributed by atoms with Crippen molar-refractivity contribution < 1.29 is 18.7 Å². The van der Waals surface area contributed by atoms with Gasteiger partial charge in [0.25, 0.3) is 0 Å². The van der Waals surface area contributed by atoms with Crippen molar-refractivity contribution in [2.24, 2.45) is 0 Å². The molecule has 1 aromatic heterocycles. The molecule has 3 aromatic rings. The number of nitrogens with one attached hydrogen (secondary N) is 1. The Hall–Kier alpha value is -3.28. The molecule has 1 N–H and O–H groups in total. The molecule has 1 atom stereocenters. The molecule has 2 heterocycles. The Balaban J connectivity index is 1.43. The van der Waals surface area contributed by atoms with Gasteiger partial charge in [-0.2, -0.15) is 0 Å². The molecule has 1 amide bonds. The largest absolute Gasteiger partial charge is 0.454 e. The van der Waals surface area contributed by atoms with Crippen molar-refractivity contribution in [1.29, 1.82) is 0 Å². The van der Waals surface area contributed by atoms with E-state index >= 15 is 0 Å². The molecular formula is C21H19FN2O3. The van der Waals surface area contributed by atoms with Gasteiger partial charge in [-0.25, -0.2) is 4.39 Å². The molecule has 0 saturated carbocycles. The van der Waals surface area contributed by atoms with E-state index in [0.717, 1.165) is 11.1 Å². The molecular weight excluding hydrogens is 347 g/mol. The summed E-state index contributed by atoms with van der Waals surface area (Å²) in [5.41, 5.74) is 1.82. The lowest BCUT2D eigenvalue weighted by molar-refractivity contribution is -0.121. The molecule has 138 valence electrons. The number of benzene rings is 2. The van der Waals surface area contributed by atoms with Crippen molar-refractivity contribution in [3.63, 3.8) is 0 Å². The molecule has 4 rings (SSSR count). The van der Waals surface area contributed by atoms with Crippen molar-refractivity contribution in [1.82, 2.24) is 9.88 Å². The van der Waals surface area contributed by atoms with Crippen LogP contribution < -0.4 is 14.8 Å². The first kappa shape index (κ1) is 17.1. The van der Waals surface area contributed by atoms with E-state index in [1.807, 2.05) is 47.3 Å². The lowest BCUT2D eigenvalue weighted by Gasteiger charge is -2.19. The molecule has 0 unspecified atom stereocenters. The monoisotopic (exact) mass is 366 g/mol. The molecule has 0 spiro atoms. The maximum absolute atomic E-state index is 13.3. The van der Waals surface area contributed by atoms with Crippen LogP contribution in [0.25, 0.3) is 0 Å². The summed E-state index contributed by atoms with van der Waals surface area (Å²) in [6, 6.07) is 15.5. The number of ether oxygens (including phenoxy) is 2. The van der Waals surface area contributed by atoms with Crippen molar-refractivity contribution in [2.75, 3.05) is 6.79 Å². The highest BCUT2D eigenvalue weighted by Crippen LogP contribution is 2.32. The summed E-state index contributed by atoms with van der Waals surface area (Å²) in [6.07, 6.45) is 4.06. The number of amides is 1. The number of aromatic nitrogens is 1. The zero-order chi connectivity index (χ0) is 18.6. The van der Waals surface area contributed by atoms with E-state index in [4.69, 9.17) is 9.47 Å². The SMILES string of the molecule is O=C(C[C@H](c1ccc(F)cc1)n1cccc1)NCc1ccc2c(c1)OCO2. The minimum Gasteiger partial charge on any atom is -0.454 e. The quantitative estimate of drug-likeness (QED) is 0.725. The van der Waals surface area contributed by atoms with E-state index in [9.17, 15) is 9.18 Å². The number of halogens is 1. The third-order valence-corrected chi connectivity index (χ3v) is 4.55. The Morgan fingerprint density at radius 2 is 1.81 bits per heavy atom. The molecule has 27 heavy (non-hydrogen) atoms. The van der Waals surface area contributed by atoms with E-state index in [1.165, 1.54) is 12.1 Å². The van der Waals surface area contributed by atoms with Gasteiger partial charge in [0.05, 0.1) is 12.5 Å². The van der Waals surface area contributed by atoms with Crippen LogP contribution in [0.2, 0.25) is 0 Å². The van der Waals surface area contributed by atoms with Gasteiger partial charge in [-0.15, -0.1) is 0 Å². The average molecular weight is 366 g/mol. The molecule has 6 heteroatoms. The Labute approximate surface area is 156 Å². The average Bonchev–Trinajstić information content (AvgIpc) is 3.36. The Morgan fingerprint density at radius 3 is 2.59 bits per heavy atom. The van der Waals surface area contributed by atoms with Gasteiger partial charge in [0, 0.05) is 18.9 Å². The standard InChI is InChI=1S/C21H19FN2O3/c22-17-6-4-16(5-7-17)18(24-9-1-2-10-24)12-21(25)23-13-15-3-8-19-20(11-15)27-14-26-19/h1-11,18H,12-14H2,(H,23,25)/t18-/m1/s1. The number of fused-ring (bicyclic) bond motifs is 1. The van der Waals surface area contributed by atoms with Crippen LogP contribution in [0.15, 0.2) is 67.0 Å². The summed E-state index contributed by atoms with van der Waals surface area (Å²) in [4.78, 5) is 12.5. The predicted octanol–water partition coefficient (Wildman–Crippen LogP) is 3.65. The minimum absolute atomic E-state index is 0.0873. The van der Waals surface area contributed by atoms with Gasteiger partial charge < -0.3 is 19.4 Å². The van der Waals surface area contributed by atoms with Gasteiger partial charge in [0.1, 0.15) is 5.82 Å². The molecule has 1 aliphatic rings. The number of hydrogen-bond donors (Lipinski definition) is 1. The highest BCUT2D eigenvalue weighted by molar-refractivity contribution is 5.77. The fourth-order valence-corrected chi connectivity index (χ4v) is 3.14. The summed E-state index contributed by atoms with van der Waals surface area (Å²) < 4.78 is 25.9. The molecule has 1 aliphatic heterocycles. The zero-order valence-electron chi connectivity index (χ0n) is 14.6. The Morgan fingerprint density at radius 1 is 1.07 bits per heavy atom. The highest BCUT2D eigenvalue weighted by atomic mass is 19.1. The summed E-state index contributed by atoms with van der Waals surface area (Å²) >= 11 is 0. The molecule has 5 nitrogen and oxygen atoms in total. The minimum atomic E-state index is -0.294. The summed E-state index contributed by atoms with van der Waals surface area (Å²) in [5, 5.41) is 2.94. The third kappa shape index (κ3) is 3.95. The van der Waals surface area contributed by atoms with Crippen LogP contribution >= 0.6 is 0 Å². The lowest BCUT2D eigenvalue weighted by Crippen LogP contribution is -2.26. The van der Waals surface area contributed by atoms with Gasteiger partial charge in [-0.1, -0.05) is 18.2 Å². The predicted molar refractivity (Wildman–Crippen MR) is 98.0 cm³/mol. The molecule has 0 aliphatic carbocycles. The second-order valence-corrected chi connectivity index (χ2v) is 6.37. The van der Waals surface area contributed by atoms with Crippen molar-refractivity contribution in [3.8, 4) is 11.5 Å². The Bertz CT molecular complexity index is 923. The maximum atomic E-state index is 13.3. The normalized spacial score (nSPS) is 13.4. The Kier molecular flexibility index (Phi) is 4.78. The molecule has 2 aromatic carbocycles. The topological polar surface area (TPSA) is 52.5 Å². The summed E-state index contributed by atoms with van der Waals surface area (Å²) in [7, 11) is 0. The van der Waals surface area contributed by atoms with Crippen LogP contribution in [0.5, 0.6) is 11.5 Å². The highest BCUT2D eigenvalue weighted by Gasteiger charge is 2.18. The second-order valence-electron chi connectivity index (χ2n) is 6.37. The van der Waals surface area contributed by atoms with Gasteiger partial charge in [0.15, 0.2) is 11.5 Å².